The van der Waals surface area contributed by atoms with Gasteiger partial charge in [-0.05, 0) is 11.4 Å². The van der Waals surface area contributed by atoms with E-state index in [9.17, 15) is 9.59 Å². The molecule has 94 valence electrons. The number of amides is 1. The van der Waals surface area contributed by atoms with Gasteiger partial charge in [0.05, 0.1) is 0 Å². The number of esters is 1. The zero-order valence-corrected chi connectivity index (χ0v) is 10.9. The summed E-state index contributed by atoms with van der Waals surface area (Å²) in [7, 11) is 0. The largest absolute Gasteiger partial charge is 0.457 e. The molecule has 0 aliphatic rings. The molecule has 1 unspecified atom stereocenters. The molecule has 0 saturated carbocycles. The molecule has 0 bridgehead atoms. The van der Waals surface area contributed by atoms with Crippen molar-refractivity contribution >= 4 is 23.2 Å². The minimum absolute atomic E-state index is 0.0118. The van der Waals surface area contributed by atoms with Gasteiger partial charge in [0.1, 0.15) is 6.10 Å². The summed E-state index contributed by atoms with van der Waals surface area (Å²) in [5.41, 5.74) is 0. The van der Waals surface area contributed by atoms with Crippen molar-refractivity contribution in [3.63, 3.8) is 0 Å². The highest BCUT2D eigenvalue weighted by molar-refractivity contribution is 7.10. The predicted molar refractivity (Wildman–Crippen MR) is 66.7 cm³/mol. The van der Waals surface area contributed by atoms with Gasteiger partial charge < -0.3 is 10.1 Å². The first-order valence-electron chi connectivity index (χ1n) is 5.60. The second-order valence-electron chi connectivity index (χ2n) is 3.61. The smallest absolute Gasteiger partial charge is 0.303 e. The summed E-state index contributed by atoms with van der Waals surface area (Å²) >= 11 is 1.55. The van der Waals surface area contributed by atoms with Crippen molar-refractivity contribution in [1.29, 1.82) is 0 Å². The highest BCUT2D eigenvalue weighted by Gasteiger charge is 2.15. The summed E-state index contributed by atoms with van der Waals surface area (Å²) < 4.78 is 5.23. The average molecular weight is 255 g/mol. The van der Waals surface area contributed by atoms with E-state index in [1.54, 1.807) is 18.3 Å². The van der Waals surface area contributed by atoms with E-state index in [2.05, 4.69) is 5.32 Å². The third-order valence-corrected chi connectivity index (χ3v) is 3.18. The monoisotopic (exact) mass is 255 g/mol. The van der Waals surface area contributed by atoms with Gasteiger partial charge in [0, 0.05) is 31.2 Å². The van der Waals surface area contributed by atoms with Gasteiger partial charge in [0.25, 0.3) is 0 Å². The lowest BCUT2D eigenvalue weighted by Crippen LogP contribution is -2.25. The highest BCUT2D eigenvalue weighted by Crippen LogP contribution is 2.25. The third kappa shape index (κ3) is 4.99. The molecular weight excluding hydrogens is 238 g/mol. The average Bonchev–Trinajstić information content (AvgIpc) is 2.80. The molecule has 1 atom stereocenters. The first-order valence-corrected chi connectivity index (χ1v) is 6.48. The minimum atomic E-state index is -0.301. The second kappa shape index (κ2) is 7.06. The number of carbonyl (C=O) groups excluding carboxylic acids is 2. The van der Waals surface area contributed by atoms with Gasteiger partial charge in [0.2, 0.25) is 5.91 Å². The molecule has 1 amide bonds. The summed E-state index contributed by atoms with van der Waals surface area (Å²) in [6, 6.07) is 3.85. The molecule has 0 aliphatic carbocycles. The van der Waals surface area contributed by atoms with Crippen LogP contribution in [0.3, 0.4) is 0 Å². The Morgan fingerprint density at radius 2 is 2.29 bits per heavy atom. The van der Waals surface area contributed by atoms with E-state index in [0.717, 1.165) is 4.88 Å². The van der Waals surface area contributed by atoms with E-state index >= 15 is 0 Å². The predicted octanol–water partition coefficient (Wildman–Crippen LogP) is 2.27. The Balaban J connectivity index is 2.47. The van der Waals surface area contributed by atoms with Crippen LogP contribution < -0.4 is 5.32 Å². The molecule has 0 aliphatic heterocycles. The lowest BCUT2D eigenvalue weighted by Gasteiger charge is -2.15. The van der Waals surface area contributed by atoms with Gasteiger partial charge in [-0.25, -0.2) is 0 Å². The van der Waals surface area contributed by atoms with Crippen molar-refractivity contribution in [3.8, 4) is 0 Å². The van der Waals surface area contributed by atoms with Crippen molar-refractivity contribution < 1.29 is 14.3 Å². The molecule has 0 fully saturated rings. The molecule has 0 spiro atoms. The summed E-state index contributed by atoms with van der Waals surface area (Å²) in [6.45, 7) is 3.71. The van der Waals surface area contributed by atoms with Crippen molar-refractivity contribution in [3.05, 3.63) is 22.4 Å². The van der Waals surface area contributed by atoms with Gasteiger partial charge in [0.15, 0.2) is 0 Å². The van der Waals surface area contributed by atoms with Crippen LogP contribution in [0.15, 0.2) is 17.5 Å². The number of rotatable bonds is 6. The number of hydrogen-bond donors (Lipinski definition) is 1. The number of nitrogens with one attached hydrogen (secondary N) is 1. The molecule has 5 heteroatoms. The van der Waals surface area contributed by atoms with Crippen molar-refractivity contribution in [2.75, 3.05) is 6.54 Å². The fourth-order valence-corrected chi connectivity index (χ4v) is 2.19. The number of hydrogen-bond acceptors (Lipinski definition) is 4. The Morgan fingerprint density at radius 3 is 2.82 bits per heavy atom. The van der Waals surface area contributed by atoms with Crippen LogP contribution in [0.1, 0.15) is 37.7 Å². The molecule has 4 nitrogen and oxygen atoms in total. The van der Waals surface area contributed by atoms with E-state index in [-0.39, 0.29) is 18.0 Å². The molecule has 17 heavy (non-hydrogen) atoms. The molecule has 0 radical (unpaired) electrons. The quantitative estimate of drug-likeness (QED) is 0.793. The van der Waals surface area contributed by atoms with Crippen LogP contribution in [0.2, 0.25) is 0 Å². The minimum Gasteiger partial charge on any atom is -0.457 e. The summed E-state index contributed by atoms with van der Waals surface area (Å²) in [6.07, 6.45) is 0.813. The molecule has 1 aromatic rings. The standard InChI is InChI=1S/C12H17NO3S/c1-3-12(15)13-7-6-10(16-9(2)14)11-5-4-8-17-11/h4-5,8,10H,3,6-7H2,1-2H3,(H,13,15). The van der Waals surface area contributed by atoms with E-state index in [1.807, 2.05) is 17.5 Å². The van der Waals surface area contributed by atoms with Crippen LogP contribution in [0.25, 0.3) is 0 Å². The van der Waals surface area contributed by atoms with Crippen molar-refractivity contribution in [2.45, 2.75) is 32.8 Å². The lowest BCUT2D eigenvalue weighted by molar-refractivity contribution is -0.146. The molecule has 1 aromatic heterocycles. The SMILES string of the molecule is CCC(=O)NCCC(OC(C)=O)c1cccs1. The zero-order valence-electron chi connectivity index (χ0n) is 10.1. The molecule has 1 heterocycles. The fourth-order valence-electron chi connectivity index (χ4n) is 1.40. The zero-order chi connectivity index (χ0) is 12.7. The highest BCUT2D eigenvalue weighted by atomic mass is 32.1. The molecule has 1 rings (SSSR count). The van der Waals surface area contributed by atoms with Gasteiger partial charge in [-0.3, -0.25) is 9.59 Å². The Labute approximate surface area is 105 Å². The van der Waals surface area contributed by atoms with Crippen LogP contribution in [-0.4, -0.2) is 18.4 Å². The fraction of sp³-hybridized carbons (Fsp3) is 0.500. The summed E-state index contributed by atoms with van der Waals surface area (Å²) in [5, 5.41) is 4.71. The van der Waals surface area contributed by atoms with Crippen LogP contribution in [0.4, 0.5) is 0 Å². The number of ether oxygens (including phenoxy) is 1. The van der Waals surface area contributed by atoms with Crippen LogP contribution >= 0.6 is 11.3 Å². The van der Waals surface area contributed by atoms with Gasteiger partial charge in [-0.2, -0.15) is 0 Å². The van der Waals surface area contributed by atoms with E-state index in [4.69, 9.17) is 4.74 Å². The van der Waals surface area contributed by atoms with Gasteiger partial charge in [-0.1, -0.05) is 13.0 Å². The van der Waals surface area contributed by atoms with Crippen molar-refractivity contribution in [1.82, 2.24) is 5.32 Å². The van der Waals surface area contributed by atoms with E-state index < -0.39 is 0 Å². The van der Waals surface area contributed by atoms with Gasteiger partial charge in [-0.15, -0.1) is 11.3 Å². The first kappa shape index (κ1) is 13.7. The molecule has 0 saturated heterocycles. The van der Waals surface area contributed by atoms with Gasteiger partial charge >= 0.3 is 5.97 Å². The number of carbonyl (C=O) groups is 2. The molecular formula is C12H17NO3S. The maximum Gasteiger partial charge on any atom is 0.303 e. The lowest BCUT2D eigenvalue weighted by atomic mass is 10.2. The van der Waals surface area contributed by atoms with Crippen LogP contribution in [0, 0.1) is 0 Å². The van der Waals surface area contributed by atoms with Crippen molar-refractivity contribution in [2.24, 2.45) is 0 Å². The summed E-state index contributed by atoms with van der Waals surface area (Å²) in [5.74, 6) is -0.289. The summed E-state index contributed by atoms with van der Waals surface area (Å²) in [4.78, 5) is 23.1. The Kier molecular flexibility index (Phi) is 5.69. The van der Waals surface area contributed by atoms with Crippen LogP contribution in [-0.2, 0) is 14.3 Å². The first-order chi connectivity index (χ1) is 8.13. The Morgan fingerprint density at radius 1 is 1.53 bits per heavy atom. The third-order valence-electron chi connectivity index (χ3n) is 2.22. The number of thiophene rings is 1. The Hall–Kier alpha value is -1.36. The second-order valence-corrected chi connectivity index (χ2v) is 4.58. The van der Waals surface area contributed by atoms with Crippen LogP contribution in [0.5, 0.6) is 0 Å². The van der Waals surface area contributed by atoms with E-state index in [0.29, 0.717) is 19.4 Å². The van der Waals surface area contributed by atoms with E-state index in [1.165, 1.54) is 6.92 Å². The molecule has 0 aromatic carbocycles. The normalized spacial score (nSPS) is 11.9. The maximum absolute atomic E-state index is 11.1. The molecule has 1 N–H and O–H groups in total. The topological polar surface area (TPSA) is 55.4 Å². The maximum atomic E-state index is 11.1. The Bertz CT molecular complexity index is 362.